The van der Waals surface area contributed by atoms with E-state index in [4.69, 9.17) is 14.0 Å². The van der Waals surface area contributed by atoms with Crippen LogP contribution in [0.2, 0.25) is 0 Å². The lowest BCUT2D eigenvalue weighted by molar-refractivity contribution is 0.0953. The Labute approximate surface area is 180 Å². The lowest BCUT2D eigenvalue weighted by Crippen LogP contribution is -2.34. The van der Waals surface area contributed by atoms with Gasteiger partial charge in [0.2, 0.25) is 5.71 Å². The molecule has 1 N–H and O–H groups in total. The first-order chi connectivity index (χ1) is 14.9. The molecule has 0 radical (unpaired) electrons. The number of hydrogen-bond donors (Lipinski definition) is 1. The first-order valence-electron chi connectivity index (χ1n) is 10.7. The van der Waals surface area contributed by atoms with Crippen molar-refractivity contribution in [2.75, 3.05) is 19.7 Å². The van der Waals surface area contributed by atoms with Crippen LogP contribution >= 0.6 is 0 Å². The topological polar surface area (TPSA) is 110 Å². The molecule has 9 heteroatoms. The maximum absolute atomic E-state index is 12.6. The Morgan fingerprint density at radius 2 is 2.10 bits per heavy atom. The predicted molar refractivity (Wildman–Crippen MR) is 118 cm³/mol. The average Bonchev–Trinajstić information content (AvgIpc) is 2.74. The molecule has 2 aromatic heterocycles. The van der Waals surface area contributed by atoms with Gasteiger partial charge in [-0.25, -0.2) is 4.79 Å². The number of oxime groups is 1. The van der Waals surface area contributed by atoms with Gasteiger partial charge in [0.25, 0.3) is 5.56 Å². The Hall–Kier alpha value is -3.10. The number of aryl methyl sites for hydroxylation is 1. The molecule has 0 aromatic carbocycles. The molecule has 0 amide bonds. The van der Waals surface area contributed by atoms with E-state index in [9.17, 15) is 9.59 Å². The fourth-order valence-corrected chi connectivity index (χ4v) is 3.30. The molecule has 0 saturated carbocycles. The normalized spacial score (nSPS) is 14.2. The molecule has 168 valence electrons. The van der Waals surface area contributed by atoms with Crippen molar-refractivity contribution in [1.29, 1.82) is 0 Å². The number of ether oxygens (including phenoxy) is 1. The van der Waals surface area contributed by atoms with E-state index in [1.807, 2.05) is 6.92 Å². The fourth-order valence-electron chi connectivity index (χ4n) is 3.30. The van der Waals surface area contributed by atoms with E-state index < -0.39 is 11.2 Å². The number of piperidine rings is 1. The van der Waals surface area contributed by atoms with Crippen LogP contribution in [0.1, 0.15) is 52.0 Å². The quantitative estimate of drug-likeness (QED) is 0.480. The van der Waals surface area contributed by atoms with Crippen molar-refractivity contribution in [3.63, 3.8) is 0 Å². The van der Waals surface area contributed by atoms with Gasteiger partial charge >= 0.3 is 11.6 Å². The van der Waals surface area contributed by atoms with E-state index in [0.717, 1.165) is 31.6 Å². The Morgan fingerprint density at radius 3 is 2.77 bits per heavy atom. The highest BCUT2D eigenvalue weighted by molar-refractivity contribution is 5.85. The number of aromatic nitrogens is 2. The molecule has 0 unspecified atom stereocenters. The minimum Gasteiger partial charge on any atom is -0.479 e. The molecule has 0 aliphatic carbocycles. The second kappa shape index (κ2) is 10.3. The fraction of sp³-hybridized carbons (Fsp3) is 0.545. The van der Waals surface area contributed by atoms with Crippen molar-refractivity contribution >= 4 is 16.8 Å². The van der Waals surface area contributed by atoms with Crippen molar-refractivity contribution in [3.8, 4) is 6.01 Å². The molecular formula is C22H30N4O5. The molecule has 3 heterocycles. The summed E-state index contributed by atoms with van der Waals surface area (Å²) in [6.45, 7) is 12.3. The third-order valence-corrected chi connectivity index (χ3v) is 5.01. The summed E-state index contributed by atoms with van der Waals surface area (Å²) in [6, 6.07) is 1.25. The number of hydrogen-bond acceptors (Lipinski definition) is 8. The zero-order chi connectivity index (χ0) is 22.4. The molecule has 1 fully saturated rings. The van der Waals surface area contributed by atoms with Crippen LogP contribution in [0, 0.1) is 5.92 Å². The Bertz CT molecular complexity index is 1060. The molecule has 0 spiro atoms. The van der Waals surface area contributed by atoms with Crippen LogP contribution in [0.3, 0.4) is 0 Å². The van der Waals surface area contributed by atoms with Gasteiger partial charge in [-0.3, -0.25) is 9.78 Å². The van der Waals surface area contributed by atoms with Gasteiger partial charge in [0.05, 0.1) is 12.3 Å². The van der Waals surface area contributed by atoms with Gasteiger partial charge in [0.15, 0.2) is 5.88 Å². The van der Waals surface area contributed by atoms with Crippen LogP contribution in [0.4, 0.5) is 0 Å². The second-order valence-corrected chi connectivity index (χ2v) is 8.08. The minimum absolute atomic E-state index is 0.0361. The smallest absolute Gasteiger partial charge is 0.337 e. The van der Waals surface area contributed by atoms with Gasteiger partial charge in [-0.05, 0) is 30.9 Å². The zero-order valence-corrected chi connectivity index (χ0v) is 18.4. The monoisotopic (exact) mass is 430 g/mol. The highest BCUT2D eigenvalue weighted by atomic mass is 16.6. The van der Waals surface area contributed by atoms with Crippen LogP contribution in [0.5, 0.6) is 6.01 Å². The molecule has 1 aliphatic rings. The van der Waals surface area contributed by atoms with Gasteiger partial charge < -0.3 is 18.9 Å². The summed E-state index contributed by atoms with van der Waals surface area (Å²) >= 11 is 0. The van der Waals surface area contributed by atoms with E-state index in [-0.39, 0.29) is 17.1 Å². The number of rotatable bonds is 9. The van der Waals surface area contributed by atoms with Crippen LogP contribution < -0.4 is 16.0 Å². The van der Waals surface area contributed by atoms with Crippen molar-refractivity contribution in [2.24, 2.45) is 11.1 Å². The summed E-state index contributed by atoms with van der Waals surface area (Å²) in [5.74, 6) is 1.11. The van der Waals surface area contributed by atoms with Crippen LogP contribution in [-0.4, -0.2) is 40.3 Å². The van der Waals surface area contributed by atoms with Gasteiger partial charge in [-0.1, -0.05) is 32.3 Å². The van der Waals surface area contributed by atoms with E-state index in [0.29, 0.717) is 43.2 Å². The molecule has 0 bridgehead atoms. The molecule has 1 saturated heterocycles. The lowest BCUT2D eigenvalue weighted by Gasteiger charge is -2.30. The highest BCUT2D eigenvalue weighted by Crippen LogP contribution is 2.17. The molecule has 2 aromatic rings. The third-order valence-electron chi connectivity index (χ3n) is 5.01. The highest BCUT2D eigenvalue weighted by Gasteiger charge is 2.18. The Kier molecular flexibility index (Phi) is 7.49. The van der Waals surface area contributed by atoms with Gasteiger partial charge in [0, 0.05) is 32.0 Å². The number of fused-ring (bicyclic) bond motifs is 1. The largest absolute Gasteiger partial charge is 0.479 e. The van der Waals surface area contributed by atoms with Crippen molar-refractivity contribution in [1.82, 2.24) is 14.9 Å². The van der Waals surface area contributed by atoms with Gasteiger partial charge in [0.1, 0.15) is 5.39 Å². The summed E-state index contributed by atoms with van der Waals surface area (Å²) in [7, 11) is 0. The zero-order valence-electron chi connectivity index (χ0n) is 18.4. The van der Waals surface area contributed by atoms with E-state index in [1.54, 1.807) is 0 Å². The molecule has 9 nitrogen and oxygen atoms in total. The third kappa shape index (κ3) is 5.96. The molecule has 3 rings (SSSR count). The molecule has 0 atom stereocenters. The van der Waals surface area contributed by atoms with Crippen LogP contribution in [-0.2, 0) is 11.2 Å². The standard InChI is InChI=1S/C22H30N4O5/c1-5-6-7-16-12-18(27)30-21-19(16)20(28)23-22(24-21)31-25-17-8-10-26(11-9-17)15(4)29-13-14(2)3/h12,14H,4-11,13H2,1-3H3,(H,23,24,28). The van der Waals surface area contributed by atoms with E-state index in [1.165, 1.54) is 6.07 Å². The molecular weight excluding hydrogens is 400 g/mol. The first-order valence-corrected chi connectivity index (χ1v) is 10.7. The maximum Gasteiger partial charge on any atom is 0.337 e. The van der Waals surface area contributed by atoms with Gasteiger partial charge in [-0.2, -0.15) is 4.98 Å². The van der Waals surface area contributed by atoms with Crippen molar-refractivity contribution in [3.05, 3.63) is 44.9 Å². The first kappa shape index (κ1) is 22.6. The van der Waals surface area contributed by atoms with Crippen LogP contribution in [0.15, 0.2) is 37.7 Å². The number of nitrogens with one attached hydrogen (secondary N) is 1. The summed E-state index contributed by atoms with van der Waals surface area (Å²) in [6.07, 6.45) is 3.76. The average molecular weight is 431 g/mol. The SMILES string of the molecule is C=C(OCC(C)C)N1CCC(=NOc2nc3oc(=O)cc(CCCC)c3c(=O)[nH]2)CC1. The molecule has 31 heavy (non-hydrogen) atoms. The van der Waals surface area contributed by atoms with E-state index in [2.05, 4.69) is 40.4 Å². The summed E-state index contributed by atoms with van der Waals surface area (Å²) < 4.78 is 10.8. The van der Waals surface area contributed by atoms with E-state index >= 15 is 0 Å². The number of aromatic amines is 1. The summed E-state index contributed by atoms with van der Waals surface area (Å²) in [5, 5.41) is 4.41. The van der Waals surface area contributed by atoms with Crippen molar-refractivity contribution < 1.29 is 14.0 Å². The minimum atomic E-state index is -0.541. The number of nitrogens with zero attached hydrogens (tertiary/aromatic N) is 3. The lowest BCUT2D eigenvalue weighted by atomic mass is 10.1. The summed E-state index contributed by atoms with van der Waals surface area (Å²) in [4.78, 5) is 38.6. The van der Waals surface area contributed by atoms with Crippen molar-refractivity contribution in [2.45, 2.75) is 52.9 Å². The number of likely N-dealkylation sites (tertiary alicyclic amines) is 1. The van der Waals surface area contributed by atoms with Crippen LogP contribution in [0.25, 0.3) is 11.1 Å². The predicted octanol–water partition coefficient (Wildman–Crippen LogP) is 3.19. The maximum atomic E-state index is 12.6. The van der Waals surface area contributed by atoms with Gasteiger partial charge in [-0.15, -0.1) is 0 Å². The number of H-pyrrole nitrogens is 1. The second-order valence-electron chi connectivity index (χ2n) is 8.08. The Balaban J connectivity index is 1.68. The molecule has 1 aliphatic heterocycles. The Morgan fingerprint density at radius 1 is 1.35 bits per heavy atom. The number of unbranched alkanes of at least 4 members (excludes halogenated alkanes) is 1. The summed E-state index contributed by atoms with van der Waals surface area (Å²) in [5.41, 5.74) is 0.483.